The summed E-state index contributed by atoms with van der Waals surface area (Å²) in [5, 5.41) is 14.7. The Balaban J connectivity index is 0.00000199. The van der Waals surface area contributed by atoms with Crippen LogP contribution in [0.1, 0.15) is 57.7 Å². The Morgan fingerprint density at radius 1 is 1.26 bits per heavy atom. The normalized spacial score (nSPS) is 19.7. The summed E-state index contributed by atoms with van der Waals surface area (Å²) in [5.41, 5.74) is 1.14. The van der Waals surface area contributed by atoms with Crippen molar-refractivity contribution < 1.29 is 38.0 Å². The van der Waals surface area contributed by atoms with E-state index in [2.05, 4.69) is 9.84 Å². The molecule has 1 aliphatic heterocycles. The Labute approximate surface area is 199 Å². The van der Waals surface area contributed by atoms with Gasteiger partial charge in [0.25, 0.3) is 0 Å². The number of halogens is 1. The molecule has 34 heavy (non-hydrogen) atoms. The first-order chi connectivity index (χ1) is 16.3. The second kappa shape index (κ2) is 13.1. The van der Waals surface area contributed by atoms with Gasteiger partial charge in [-0.1, -0.05) is 19.9 Å². The lowest BCUT2D eigenvalue weighted by molar-refractivity contribution is -0.187. The van der Waals surface area contributed by atoms with Crippen molar-refractivity contribution in [2.75, 3.05) is 20.8 Å². The second-order valence-electron chi connectivity index (χ2n) is 7.86. The first-order valence-corrected chi connectivity index (χ1v) is 11.4. The van der Waals surface area contributed by atoms with Crippen molar-refractivity contribution in [2.45, 2.75) is 71.5 Å². The zero-order valence-electron chi connectivity index (χ0n) is 20.6. The minimum absolute atomic E-state index is 0.0610. The number of aliphatic hydroxyl groups is 1. The largest absolute Gasteiger partial charge is 0.508 e. The van der Waals surface area contributed by atoms with Gasteiger partial charge >= 0.3 is 6.16 Å². The van der Waals surface area contributed by atoms with Crippen LogP contribution < -0.4 is 9.47 Å². The van der Waals surface area contributed by atoms with Gasteiger partial charge in [-0.3, -0.25) is 4.68 Å². The van der Waals surface area contributed by atoms with E-state index in [0.717, 1.165) is 0 Å². The first-order valence-electron chi connectivity index (χ1n) is 11.4. The summed E-state index contributed by atoms with van der Waals surface area (Å²) in [6, 6.07) is 4.74. The van der Waals surface area contributed by atoms with Crippen molar-refractivity contribution >= 4 is 6.16 Å². The molecule has 0 spiro atoms. The quantitative estimate of drug-likeness (QED) is 0.557. The van der Waals surface area contributed by atoms with Crippen LogP contribution in [-0.2, 0) is 20.6 Å². The van der Waals surface area contributed by atoms with E-state index in [1.165, 1.54) is 20.3 Å². The number of benzene rings is 1. The maximum atomic E-state index is 14.5. The van der Waals surface area contributed by atoms with Gasteiger partial charge in [0.05, 0.1) is 26.4 Å². The summed E-state index contributed by atoms with van der Waals surface area (Å²) in [6.45, 7) is 7.86. The number of aliphatic hydroxyl groups excluding tert-OH is 1. The third kappa shape index (κ3) is 7.59. The van der Waals surface area contributed by atoms with Crippen molar-refractivity contribution in [3.05, 3.63) is 41.3 Å². The lowest BCUT2D eigenvalue weighted by atomic mass is 10.1. The average Bonchev–Trinajstić information content (AvgIpc) is 3.22. The van der Waals surface area contributed by atoms with Gasteiger partial charge in [-0.25, -0.2) is 9.18 Å². The van der Waals surface area contributed by atoms with Crippen LogP contribution in [0.5, 0.6) is 11.6 Å². The molecule has 3 rings (SSSR count). The number of ether oxygens (including phenoxy) is 5. The van der Waals surface area contributed by atoms with E-state index in [4.69, 9.17) is 18.9 Å². The SMILES string of the molecule is CC.COC(=O)OCC1CC(O)C[C@H](Oc2nn(C(C)C)cc2Cc2ccc(OC)cc2F)O1. The smallest absolute Gasteiger partial charge is 0.497 e. The number of nitrogens with zero attached hydrogens (tertiary/aromatic N) is 2. The van der Waals surface area contributed by atoms with E-state index in [-0.39, 0.29) is 25.5 Å². The number of aromatic nitrogens is 2. The van der Waals surface area contributed by atoms with E-state index >= 15 is 0 Å². The highest BCUT2D eigenvalue weighted by Gasteiger charge is 2.32. The predicted molar refractivity (Wildman–Crippen MR) is 123 cm³/mol. The number of rotatable bonds is 8. The molecule has 9 nitrogen and oxygen atoms in total. The fourth-order valence-corrected chi connectivity index (χ4v) is 3.38. The van der Waals surface area contributed by atoms with Crippen LogP contribution >= 0.6 is 0 Å². The second-order valence-corrected chi connectivity index (χ2v) is 7.86. The molecule has 0 radical (unpaired) electrons. The summed E-state index contributed by atoms with van der Waals surface area (Å²) < 4.78 is 42.5. The van der Waals surface area contributed by atoms with E-state index < -0.39 is 30.5 Å². The molecule has 0 amide bonds. The molecule has 2 unspecified atom stereocenters. The van der Waals surface area contributed by atoms with Crippen molar-refractivity contribution in [1.82, 2.24) is 9.78 Å². The highest BCUT2D eigenvalue weighted by molar-refractivity contribution is 5.59. The molecule has 1 saturated heterocycles. The Morgan fingerprint density at radius 3 is 2.62 bits per heavy atom. The van der Waals surface area contributed by atoms with Gasteiger partial charge in [0.15, 0.2) is 0 Å². The summed E-state index contributed by atoms with van der Waals surface area (Å²) >= 11 is 0. The lowest BCUT2D eigenvalue weighted by Gasteiger charge is -2.32. The topological polar surface area (TPSA) is 101 Å². The molecule has 2 heterocycles. The molecule has 1 aliphatic rings. The van der Waals surface area contributed by atoms with Crippen LogP contribution in [0.4, 0.5) is 9.18 Å². The molecule has 190 valence electrons. The van der Waals surface area contributed by atoms with Crippen LogP contribution in [0.2, 0.25) is 0 Å². The molecular formula is C24H35FN2O7. The fourth-order valence-electron chi connectivity index (χ4n) is 3.38. The molecule has 0 aliphatic carbocycles. The minimum atomic E-state index is -0.828. The molecule has 1 aromatic carbocycles. The van der Waals surface area contributed by atoms with Crippen LogP contribution in [0.15, 0.2) is 24.4 Å². The number of carbonyl (C=O) groups excluding carboxylic acids is 1. The van der Waals surface area contributed by atoms with Crippen molar-refractivity contribution in [3.63, 3.8) is 0 Å². The monoisotopic (exact) mass is 482 g/mol. The average molecular weight is 483 g/mol. The van der Waals surface area contributed by atoms with Crippen LogP contribution in [0.3, 0.4) is 0 Å². The Bertz CT molecular complexity index is 919. The summed E-state index contributed by atoms with van der Waals surface area (Å²) in [6.07, 6.45) is -0.318. The Kier molecular flexibility index (Phi) is 10.6. The summed E-state index contributed by atoms with van der Waals surface area (Å²) in [4.78, 5) is 11.2. The van der Waals surface area contributed by atoms with E-state index in [9.17, 15) is 14.3 Å². The molecule has 1 N–H and O–H groups in total. The number of carbonyl (C=O) groups is 1. The minimum Gasteiger partial charge on any atom is -0.497 e. The number of methoxy groups -OCH3 is 2. The maximum absolute atomic E-state index is 14.5. The number of hydrogen-bond donors (Lipinski definition) is 1. The van der Waals surface area contributed by atoms with Gasteiger partial charge in [-0.15, -0.1) is 5.10 Å². The van der Waals surface area contributed by atoms with Gasteiger partial charge in [-0.05, 0) is 25.5 Å². The van der Waals surface area contributed by atoms with Crippen LogP contribution in [0, 0.1) is 5.82 Å². The Hall–Kier alpha value is -2.85. The van der Waals surface area contributed by atoms with Gasteiger partial charge in [0.1, 0.15) is 18.2 Å². The molecule has 3 atom stereocenters. The molecule has 0 saturated carbocycles. The van der Waals surface area contributed by atoms with Crippen molar-refractivity contribution in [1.29, 1.82) is 0 Å². The van der Waals surface area contributed by atoms with Gasteiger partial charge in [0.2, 0.25) is 12.2 Å². The number of hydrogen-bond acceptors (Lipinski definition) is 8. The van der Waals surface area contributed by atoms with Crippen LogP contribution in [0.25, 0.3) is 0 Å². The molecular weight excluding hydrogens is 447 g/mol. The summed E-state index contributed by atoms with van der Waals surface area (Å²) in [7, 11) is 2.69. The fraction of sp³-hybridized carbons (Fsp3) is 0.583. The van der Waals surface area contributed by atoms with Gasteiger partial charge in [-0.2, -0.15) is 0 Å². The van der Waals surface area contributed by atoms with Gasteiger partial charge < -0.3 is 28.8 Å². The molecule has 10 heteroatoms. The highest BCUT2D eigenvalue weighted by Crippen LogP contribution is 2.28. The third-order valence-electron chi connectivity index (χ3n) is 5.08. The molecule has 1 fully saturated rings. The van der Waals surface area contributed by atoms with E-state index in [0.29, 0.717) is 29.2 Å². The van der Waals surface area contributed by atoms with Crippen molar-refractivity contribution in [2.24, 2.45) is 0 Å². The lowest BCUT2D eigenvalue weighted by Crippen LogP contribution is -2.41. The first kappa shape index (κ1) is 27.4. The summed E-state index contributed by atoms with van der Waals surface area (Å²) in [5.74, 6) is 0.336. The molecule has 0 bridgehead atoms. The maximum Gasteiger partial charge on any atom is 0.508 e. The standard InChI is InChI=1S/C22H29FN2O7.C2H6/c1-13(2)25-11-15(7-14-5-6-17(28-3)10-19(14)23)21(24-25)32-20-9-16(26)8-18(31-20)12-30-22(27)29-4;1-2/h5-6,10-11,13,16,18,20,26H,7-9,12H2,1-4H3;1-2H3/t16?,18?,20-;/m0./s1. The third-order valence-corrected chi connectivity index (χ3v) is 5.08. The van der Waals surface area contributed by atoms with Crippen molar-refractivity contribution in [3.8, 4) is 11.6 Å². The highest BCUT2D eigenvalue weighted by atomic mass is 19.1. The zero-order valence-corrected chi connectivity index (χ0v) is 20.6. The van der Waals surface area contributed by atoms with Gasteiger partial charge in [0, 0.05) is 43.1 Å². The Morgan fingerprint density at radius 2 is 2.00 bits per heavy atom. The van der Waals surface area contributed by atoms with Crippen LogP contribution in [-0.4, -0.2) is 60.4 Å². The predicted octanol–water partition coefficient (Wildman–Crippen LogP) is 4.26. The van der Waals surface area contributed by atoms with E-state index in [1.54, 1.807) is 23.0 Å². The molecule has 2 aromatic rings. The zero-order chi connectivity index (χ0) is 25.3. The van der Waals surface area contributed by atoms with E-state index in [1.807, 2.05) is 27.7 Å². The molecule has 1 aromatic heterocycles.